The maximum Gasteiger partial charge on any atom is 0.107 e. The number of nitrogens with one attached hydrogen (secondary N) is 1. The molecule has 0 bridgehead atoms. The molecule has 1 aliphatic carbocycles. The van der Waals surface area contributed by atoms with Gasteiger partial charge in [0.15, 0.2) is 0 Å². The highest BCUT2D eigenvalue weighted by Gasteiger charge is 2.16. The van der Waals surface area contributed by atoms with Crippen molar-refractivity contribution in [2.24, 2.45) is 5.92 Å². The molecule has 2 rings (SSSR count). The Morgan fingerprint density at radius 1 is 1.41 bits per heavy atom. The molecule has 1 aromatic heterocycles. The third kappa shape index (κ3) is 4.23. The van der Waals surface area contributed by atoms with Crippen LogP contribution in [0.1, 0.15) is 43.9 Å². The van der Waals surface area contributed by atoms with Crippen molar-refractivity contribution in [2.75, 3.05) is 0 Å². The van der Waals surface area contributed by atoms with E-state index in [-0.39, 0.29) is 0 Å². The lowest BCUT2D eigenvalue weighted by Gasteiger charge is -2.15. The molecule has 0 radical (unpaired) electrons. The second-order valence-electron chi connectivity index (χ2n) is 5.03. The van der Waals surface area contributed by atoms with Crippen molar-refractivity contribution >= 4 is 38.9 Å². The van der Waals surface area contributed by atoms with Gasteiger partial charge < -0.3 is 5.32 Å². The Morgan fingerprint density at radius 3 is 2.94 bits per heavy atom. The highest BCUT2D eigenvalue weighted by atomic mass is 79.9. The minimum absolute atomic E-state index is 0.694. The monoisotopic (exact) mass is 335 g/mol. The number of hydrogen-bond donors (Lipinski definition) is 1. The highest BCUT2D eigenvalue weighted by molar-refractivity contribution is 9.10. The molecule has 1 aromatic rings. The molecule has 1 heterocycles. The van der Waals surface area contributed by atoms with E-state index < -0.39 is 0 Å². The van der Waals surface area contributed by atoms with Gasteiger partial charge in [0.1, 0.15) is 4.34 Å². The molecule has 2 atom stereocenters. The van der Waals surface area contributed by atoms with Crippen LogP contribution in [0.25, 0.3) is 0 Å². The zero-order chi connectivity index (χ0) is 12.3. The molecule has 1 fully saturated rings. The van der Waals surface area contributed by atoms with Crippen LogP contribution >= 0.6 is 38.9 Å². The number of rotatable bonds is 3. The summed E-state index contributed by atoms with van der Waals surface area (Å²) in [6, 6.07) is 2.82. The van der Waals surface area contributed by atoms with Crippen molar-refractivity contribution < 1.29 is 0 Å². The van der Waals surface area contributed by atoms with Gasteiger partial charge in [0.05, 0.1) is 0 Å². The first-order valence-electron chi connectivity index (χ1n) is 6.32. The molecule has 1 N–H and O–H groups in total. The summed E-state index contributed by atoms with van der Waals surface area (Å²) in [5.74, 6) is 0.909. The Bertz CT molecular complexity index is 347. The van der Waals surface area contributed by atoms with Crippen molar-refractivity contribution in [3.05, 3.63) is 19.8 Å². The van der Waals surface area contributed by atoms with Crippen LogP contribution in [-0.2, 0) is 6.54 Å². The first-order chi connectivity index (χ1) is 8.15. The molecule has 1 nitrogen and oxygen atoms in total. The third-order valence-electron chi connectivity index (χ3n) is 3.52. The van der Waals surface area contributed by atoms with Crippen LogP contribution in [0.15, 0.2) is 10.5 Å². The average molecular weight is 337 g/mol. The van der Waals surface area contributed by atoms with Gasteiger partial charge in [0, 0.05) is 21.9 Å². The maximum atomic E-state index is 6.04. The SMILES string of the molecule is CC1CCCC(NCc2cc(Br)c(Cl)s2)CC1. The number of thiophene rings is 1. The lowest BCUT2D eigenvalue weighted by Crippen LogP contribution is -2.27. The molecule has 0 aliphatic heterocycles. The van der Waals surface area contributed by atoms with Gasteiger partial charge in [-0.05, 0) is 47.2 Å². The zero-order valence-corrected chi connectivity index (χ0v) is 13.3. The van der Waals surface area contributed by atoms with E-state index in [2.05, 4.69) is 34.2 Å². The molecule has 0 saturated heterocycles. The summed E-state index contributed by atoms with van der Waals surface area (Å²) in [6.45, 7) is 3.33. The fraction of sp³-hybridized carbons (Fsp3) is 0.692. The Balaban J connectivity index is 1.81. The molecule has 1 saturated carbocycles. The lowest BCUT2D eigenvalue weighted by atomic mass is 10.0. The second-order valence-corrected chi connectivity index (χ2v) is 7.62. The predicted molar refractivity (Wildman–Crippen MR) is 79.9 cm³/mol. The fourth-order valence-corrected chi connectivity index (χ4v) is 4.16. The molecule has 4 heteroatoms. The second kappa shape index (κ2) is 6.55. The van der Waals surface area contributed by atoms with Gasteiger partial charge in [-0.3, -0.25) is 0 Å². The van der Waals surface area contributed by atoms with E-state index in [0.717, 1.165) is 21.3 Å². The highest BCUT2D eigenvalue weighted by Crippen LogP contribution is 2.32. The van der Waals surface area contributed by atoms with Crippen molar-refractivity contribution in [3.63, 3.8) is 0 Å². The molecule has 0 aromatic carbocycles. The summed E-state index contributed by atoms with van der Waals surface area (Å²) in [4.78, 5) is 1.32. The number of halogens is 2. The molecule has 0 amide bonds. The first-order valence-corrected chi connectivity index (χ1v) is 8.31. The van der Waals surface area contributed by atoms with Crippen molar-refractivity contribution in [2.45, 2.75) is 51.6 Å². The molecule has 96 valence electrons. The van der Waals surface area contributed by atoms with Crippen LogP contribution in [0.3, 0.4) is 0 Å². The largest absolute Gasteiger partial charge is 0.309 e. The Labute approximate surface area is 121 Å². The standard InChI is InChI=1S/C13H19BrClNS/c1-9-3-2-4-10(6-5-9)16-8-11-7-12(14)13(15)17-11/h7,9-10,16H,2-6,8H2,1H3. The van der Waals surface area contributed by atoms with Crippen molar-refractivity contribution in [1.82, 2.24) is 5.32 Å². The summed E-state index contributed by atoms with van der Waals surface area (Å²) in [7, 11) is 0. The number of hydrogen-bond acceptors (Lipinski definition) is 2. The average Bonchev–Trinajstić information content (AvgIpc) is 2.50. The van der Waals surface area contributed by atoms with E-state index in [1.165, 1.54) is 37.0 Å². The van der Waals surface area contributed by atoms with Crippen LogP contribution in [0.2, 0.25) is 4.34 Å². The van der Waals surface area contributed by atoms with Gasteiger partial charge in [-0.25, -0.2) is 0 Å². The van der Waals surface area contributed by atoms with E-state index in [4.69, 9.17) is 11.6 Å². The van der Waals surface area contributed by atoms with Crippen LogP contribution in [-0.4, -0.2) is 6.04 Å². The molecule has 1 aliphatic rings. The van der Waals surface area contributed by atoms with Crippen molar-refractivity contribution in [1.29, 1.82) is 0 Å². The minimum atomic E-state index is 0.694. The fourth-order valence-electron chi connectivity index (χ4n) is 2.41. The van der Waals surface area contributed by atoms with Crippen LogP contribution in [0.5, 0.6) is 0 Å². The lowest BCUT2D eigenvalue weighted by molar-refractivity contribution is 0.449. The van der Waals surface area contributed by atoms with Crippen molar-refractivity contribution in [3.8, 4) is 0 Å². The third-order valence-corrected chi connectivity index (χ3v) is 5.99. The van der Waals surface area contributed by atoms with E-state index >= 15 is 0 Å². The van der Waals surface area contributed by atoms with E-state index in [1.807, 2.05) is 0 Å². The molecule has 0 spiro atoms. The summed E-state index contributed by atoms with van der Waals surface area (Å²) in [6.07, 6.45) is 6.78. The maximum absolute atomic E-state index is 6.04. The molecule has 17 heavy (non-hydrogen) atoms. The van der Waals surface area contributed by atoms with Gasteiger partial charge in [-0.15, -0.1) is 11.3 Å². The summed E-state index contributed by atoms with van der Waals surface area (Å²) >= 11 is 11.2. The Kier molecular flexibility index (Phi) is 5.34. The van der Waals surface area contributed by atoms with Crippen LogP contribution in [0.4, 0.5) is 0 Å². The van der Waals surface area contributed by atoms with E-state index in [0.29, 0.717) is 6.04 Å². The summed E-state index contributed by atoms with van der Waals surface area (Å²) in [5.41, 5.74) is 0. The molecule has 2 unspecified atom stereocenters. The van der Waals surface area contributed by atoms with Crippen LogP contribution in [0, 0.1) is 5.92 Å². The zero-order valence-electron chi connectivity index (χ0n) is 10.1. The normalized spacial score (nSPS) is 25.8. The molecular weight excluding hydrogens is 318 g/mol. The summed E-state index contributed by atoms with van der Waals surface area (Å²) in [5, 5.41) is 3.67. The van der Waals surface area contributed by atoms with E-state index in [1.54, 1.807) is 11.3 Å². The smallest absolute Gasteiger partial charge is 0.107 e. The predicted octanol–water partition coefficient (Wildman–Crippen LogP) is 5.22. The van der Waals surface area contributed by atoms with E-state index in [9.17, 15) is 0 Å². The quantitative estimate of drug-likeness (QED) is 0.746. The topological polar surface area (TPSA) is 12.0 Å². The van der Waals surface area contributed by atoms with Gasteiger partial charge in [-0.1, -0.05) is 31.4 Å². The summed E-state index contributed by atoms with van der Waals surface area (Å²) < 4.78 is 1.88. The van der Waals surface area contributed by atoms with Gasteiger partial charge in [0.25, 0.3) is 0 Å². The molecular formula is C13H19BrClNS. The Hall–Kier alpha value is 0.430. The Morgan fingerprint density at radius 2 is 2.24 bits per heavy atom. The van der Waals surface area contributed by atoms with Crippen LogP contribution < -0.4 is 5.32 Å². The van der Waals surface area contributed by atoms with Gasteiger partial charge in [-0.2, -0.15) is 0 Å². The van der Waals surface area contributed by atoms with Gasteiger partial charge >= 0.3 is 0 Å². The van der Waals surface area contributed by atoms with Gasteiger partial charge in [0.2, 0.25) is 0 Å². The minimum Gasteiger partial charge on any atom is -0.309 e. The first kappa shape index (κ1) is 13.9.